The molecule has 2 rings (SSSR count). The predicted octanol–water partition coefficient (Wildman–Crippen LogP) is 3.25. The van der Waals surface area contributed by atoms with Crippen molar-refractivity contribution in [3.05, 3.63) is 59.4 Å². The van der Waals surface area contributed by atoms with Gasteiger partial charge in [0, 0.05) is 23.8 Å². The number of aromatic nitrogens is 1. The van der Waals surface area contributed by atoms with E-state index in [1.807, 2.05) is 31.2 Å². The highest BCUT2D eigenvalue weighted by atomic mass is 35.5. The first-order valence-corrected chi connectivity index (χ1v) is 7.59. The molecular weight excluding hydrogens is 300 g/mol. The van der Waals surface area contributed by atoms with E-state index in [1.54, 1.807) is 24.5 Å². The van der Waals surface area contributed by atoms with E-state index in [4.69, 9.17) is 16.3 Å². The van der Waals surface area contributed by atoms with E-state index in [0.29, 0.717) is 30.2 Å². The summed E-state index contributed by atoms with van der Waals surface area (Å²) in [5.74, 6) is 0.704. The molecule has 0 saturated carbocycles. The highest BCUT2D eigenvalue weighted by Crippen LogP contribution is 2.18. The normalized spacial score (nSPS) is 11.7. The summed E-state index contributed by atoms with van der Waals surface area (Å²) in [7, 11) is 0. The van der Waals surface area contributed by atoms with Crippen molar-refractivity contribution in [3.8, 4) is 5.75 Å². The molecule has 1 amide bonds. The van der Waals surface area contributed by atoms with Gasteiger partial charge >= 0.3 is 0 Å². The van der Waals surface area contributed by atoms with Crippen molar-refractivity contribution in [1.29, 1.82) is 0 Å². The van der Waals surface area contributed by atoms with E-state index < -0.39 is 0 Å². The zero-order chi connectivity index (χ0) is 15.8. The fraction of sp³-hybridized carbons (Fsp3) is 0.294. The molecule has 4 nitrogen and oxygen atoms in total. The van der Waals surface area contributed by atoms with Crippen LogP contribution >= 0.6 is 11.6 Å². The van der Waals surface area contributed by atoms with Gasteiger partial charge in [-0.3, -0.25) is 9.78 Å². The second-order valence-corrected chi connectivity index (χ2v) is 5.49. The van der Waals surface area contributed by atoms with E-state index >= 15 is 0 Å². The van der Waals surface area contributed by atoms with Crippen molar-refractivity contribution in [2.24, 2.45) is 0 Å². The first-order chi connectivity index (χ1) is 10.6. The number of amides is 1. The minimum atomic E-state index is -0.124. The fourth-order valence-electron chi connectivity index (χ4n) is 1.96. The molecule has 0 saturated heterocycles. The molecule has 5 heteroatoms. The maximum Gasteiger partial charge on any atom is 0.220 e. The molecule has 0 radical (unpaired) electrons. The van der Waals surface area contributed by atoms with Crippen LogP contribution in [0.25, 0.3) is 0 Å². The number of nitrogens with one attached hydrogen (secondary N) is 1. The molecule has 1 N–H and O–H groups in total. The molecule has 0 bridgehead atoms. The number of hydrogen-bond acceptors (Lipinski definition) is 3. The third kappa shape index (κ3) is 5.74. The van der Waals surface area contributed by atoms with Gasteiger partial charge in [0.1, 0.15) is 11.9 Å². The molecule has 1 unspecified atom stereocenters. The minimum absolute atomic E-state index is 0.00500. The molecule has 22 heavy (non-hydrogen) atoms. The molecule has 0 fully saturated rings. The molecule has 1 aromatic carbocycles. The van der Waals surface area contributed by atoms with Crippen molar-refractivity contribution in [2.75, 3.05) is 6.54 Å². The summed E-state index contributed by atoms with van der Waals surface area (Å²) in [6.45, 7) is 2.36. The van der Waals surface area contributed by atoms with Crippen LogP contribution in [-0.2, 0) is 11.2 Å². The average molecular weight is 319 g/mol. The lowest BCUT2D eigenvalue weighted by molar-refractivity contribution is -0.121. The number of aryl methyl sites for hydroxylation is 1. The molecule has 0 aliphatic carbocycles. The Balaban J connectivity index is 1.69. The third-order valence-electron chi connectivity index (χ3n) is 3.08. The highest BCUT2D eigenvalue weighted by Gasteiger charge is 2.07. The standard InChI is InChI=1S/C17H19ClN2O2/c1-13(22-16-6-2-5-15(18)10-16)11-20-17(21)8-7-14-4-3-9-19-12-14/h2-6,9-10,12-13H,7-8,11H2,1H3,(H,20,21). The number of hydrogen-bond donors (Lipinski definition) is 1. The lowest BCUT2D eigenvalue weighted by atomic mass is 10.1. The van der Waals surface area contributed by atoms with Crippen LogP contribution in [0.3, 0.4) is 0 Å². The van der Waals surface area contributed by atoms with Gasteiger partial charge < -0.3 is 10.1 Å². The van der Waals surface area contributed by atoms with Crippen LogP contribution in [0.2, 0.25) is 5.02 Å². The molecule has 0 aliphatic heterocycles. The second-order valence-electron chi connectivity index (χ2n) is 5.05. The Morgan fingerprint density at radius 3 is 2.95 bits per heavy atom. The van der Waals surface area contributed by atoms with E-state index in [1.165, 1.54) is 0 Å². The van der Waals surface area contributed by atoms with Crippen LogP contribution in [0.4, 0.5) is 0 Å². The zero-order valence-corrected chi connectivity index (χ0v) is 13.2. The lowest BCUT2D eigenvalue weighted by Gasteiger charge is -2.15. The SMILES string of the molecule is CC(CNC(=O)CCc1cccnc1)Oc1cccc(Cl)c1. The predicted molar refractivity (Wildman–Crippen MR) is 87.1 cm³/mol. The molecule has 116 valence electrons. The van der Waals surface area contributed by atoms with Gasteiger partial charge in [0.05, 0.1) is 6.54 Å². The number of benzene rings is 1. The highest BCUT2D eigenvalue weighted by molar-refractivity contribution is 6.30. The Kier molecular flexibility index (Phi) is 6.22. The summed E-state index contributed by atoms with van der Waals surface area (Å²) in [5.41, 5.74) is 1.06. The van der Waals surface area contributed by atoms with Gasteiger partial charge in [-0.2, -0.15) is 0 Å². The molecule has 0 aliphatic rings. The van der Waals surface area contributed by atoms with Crippen LogP contribution < -0.4 is 10.1 Å². The van der Waals surface area contributed by atoms with Crippen molar-refractivity contribution in [1.82, 2.24) is 10.3 Å². The Labute approximate surface area is 135 Å². The van der Waals surface area contributed by atoms with Crippen molar-refractivity contribution < 1.29 is 9.53 Å². The zero-order valence-electron chi connectivity index (χ0n) is 12.5. The van der Waals surface area contributed by atoms with Crippen LogP contribution in [-0.4, -0.2) is 23.5 Å². The number of rotatable bonds is 7. The van der Waals surface area contributed by atoms with Crippen LogP contribution in [0.1, 0.15) is 18.9 Å². The number of halogens is 1. The number of ether oxygens (including phenoxy) is 1. The number of nitrogens with zero attached hydrogens (tertiary/aromatic N) is 1. The van der Waals surface area contributed by atoms with Gasteiger partial charge in [-0.25, -0.2) is 0 Å². The van der Waals surface area contributed by atoms with E-state index in [2.05, 4.69) is 10.3 Å². The van der Waals surface area contributed by atoms with Crippen molar-refractivity contribution in [3.63, 3.8) is 0 Å². The monoisotopic (exact) mass is 318 g/mol. The summed E-state index contributed by atoms with van der Waals surface area (Å²) in [6.07, 6.45) is 4.50. The maximum absolute atomic E-state index is 11.8. The first-order valence-electron chi connectivity index (χ1n) is 7.21. The largest absolute Gasteiger partial charge is 0.489 e. The minimum Gasteiger partial charge on any atom is -0.489 e. The quantitative estimate of drug-likeness (QED) is 0.852. The molecule has 1 atom stereocenters. The van der Waals surface area contributed by atoms with Gasteiger partial charge in [-0.15, -0.1) is 0 Å². The van der Waals surface area contributed by atoms with Crippen molar-refractivity contribution >= 4 is 17.5 Å². The summed E-state index contributed by atoms with van der Waals surface area (Å²) in [4.78, 5) is 15.8. The van der Waals surface area contributed by atoms with Gasteiger partial charge in [-0.05, 0) is 43.2 Å². The van der Waals surface area contributed by atoms with Gasteiger partial charge in [0.2, 0.25) is 5.91 Å². The Hall–Kier alpha value is -2.07. The summed E-state index contributed by atoms with van der Waals surface area (Å²) in [5, 5.41) is 3.50. The molecule has 1 heterocycles. The smallest absolute Gasteiger partial charge is 0.220 e. The number of carbonyl (C=O) groups is 1. The maximum atomic E-state index is 11.8. The third-order valence-corrected chi connectivity index (χ3v) is 3.32. The van der Waals surface area contributed by atoms with Crippen LogP contribution in [0.15, 0.2) is 48.8 Å². The van der Waals surface area contributed by atoms with Gasteiger partial charge in [-0.1, -0.05) is 23.7 Å². The number of carbonyl (C=O) groups excluding carboxylic acids is 1. The van der Waals surface area contributed by atoms with Crippen molar-refractivity contribution in [2.45, 2.75) is 25.9 Å². The second kappa shape index (κ2) is 8.39. The summed E-state index contributed by atoms with van der Waals surface area (Å²) < 4.78 is 5.70. The molecule has 1 aromatic heterocycles. The lowest BCUT2D eigenvalue weighted by Crippen LogP contribution is -2.33. The van der Waals surface area contributed by atoms with E-state index in [9.17, 15) is 4.79 Å². The van der Waals surface area contributed by atoms with Gasteiger partial charge in [0.25, 0.3) is 0 Å². The Morgan fingerprint density at radius 2 is 2.23 bits per heavy atom. The van der Waals surface area contributed by atoms with Gasteiger partial charge in [0.15, 0.2) is 0 Å². The molecule has 0 spiro atoms. The molecule has 2 aromatic rings. The van der Waals surface area contributed by atoms with Crippen LogP contribution in [0.5, 0.6) is 5.75 Å². The Morgan fingerprint density at radius 1 is 1.36 bits per heavy atom. The van der Waals surface area contributed by atoms with E-state index in [0.717, 1.165) is 5.56 Å². The topological polar surface area (TPSA) is 51.2 Å². The fourth-order valence-corrected chi connectivity index (χ4v) is 2.14. The molecular formula is C17H19ClN2O2. The Bertz CT molecular complexity index is 605. The summed E-state index contributed by atoms with van der Waals surface area (Å²) in [6, 6.07) is 11.0. The van der Waals surface area contributed by atoms with E-state index in [-0.39, 0.29) is 12.0 Å². The summed E-state index contributed by atoms with van der Waals surface area (Å²) >= 11 is 5.90. The van der Waals surface area contributed by atoms with Crippen LogP contribution in [0, 0.1) is 0 Å². The average Bonchev–Trinajstić information content (AvgIpc) is 2.52. The first kappa shape index (κ1) is 16.3. The number of pyridine rings is 1.